The zero-order valence-corrected chi connectivity index (χ0v) is 18.3. The molecule has 0 aliphatic heterocycles. The lowest BCUT2D eigenvalue weighted by atomic mass is 10.2. The van der Waals surface area contributed by atoms with Crippen LogP contribution in [0, 0.1) is 0 Å². The van der Waals surface area contributed by atoms with Crippen molar-refractivity contribution in [2.75, 3.05) is 11.9 Å². The van der Waals surface area contributed by atoms with Crippen LogP contribution in [0.3, 0.4) is 0 Å². The molecule has 32 heavy (non-hydrogen) atoms. The predicted molar refractivity (Wildman–Crippen MR) is 123 cm³/mol. The van der Waals surface area contributed by atoms with Gasteiger partial charge in [-0.3, -0.25) is 0 Å². The maximum atomic E-state index is 11.9. The maximum Gasteiger partial charge on any atom is 0.338 e. The SMILES string of the molecule is CCCCc1nc(Nc2ccc(C(=O)OCC)cc2)c2nnn(Cc3ccccc3)c2n1. The minimum Gasteiger partial charge on any atom is -0.462 e. The van der Waals surface area contributed by atoms with E-state index in [0.717, 1.165) is 36.3 Å². The van der Waals surface area contributed by atoms with E-state index in [9.17, 15) is 4.79 Å². The summed E-state index contributed by atoms with van der Waals surface area (Å²) < 4.78 is 6.85. The summed E-state index contributed by atoms with van der Waals surface area (Å²) in [6.07, 6.45) is 2.83. The Morgan fingerprint density at radius 2 is 1.81 bits per heavy atom. The average molecular weight is 431 g/mol. The Bertz CT molecular complexity index is 1190. The number of aromatic nitrogens is 5. The third-order valence-electron chi connectivity index (χ3n) is 5.00. The number of benzene rings is 2. The smallest absolute Gasteiger partial charge is 0.338 e. The Hall–Kier alpha value is -3.81. The van der Waals surface area contributed by atoms with Gasteiger partial charge in [0.05, 0.1) is 18.7 Å². The van der Waals surface area contributed by atoms with Gasteiger partial charge in [0, 0.05) is 12.1 Å². The number of anilines is 2. The lowest BCUT2D eigenvalue weighted by molar-refractivity contribution is 0.0526. The number of aryl methyl sites for hydroxylation is 1. The zero-order valence-electron chi connectivity index (χ0n) is 18.3. The van der Waals surface area contributed by atoms with Gasteiger partial charge in [-0.05, 0) is 43.2 Å². The number of fused-ring (bicyclic) bond motifs is 1. The van der Waals surface area contributed by atoms with E-state index in [1.807, 2.05) is 30.3 Å². The Labute approximate surface area is 186 Å². The number of unbranched alkanes of at least 4 members (excludes halogenated alkanes) is 1. The fourth-order valence-corrected chi connectivity index (χ4v) is 3.34. The van der Waals surface area contributed by atoms with Crippen LogP contribution in [0.4, 0.5) is 11.5 Å². The molecular weight excluding hydrogens is 404 g/mol. The fraction of sp³-hybridized carbons (Fsp3) is 0.292. The van der Waals surface area contributed by atoms with Crippen LogP contribution >= 0.6 is 0 Å². The van der Waals surface area contributed by atoms with Crippen molar-refractivity contribution in [3.63, 3.8) is 0 Å². The number of nitrogens with one attached hydrogen (secondary N) is 1. The topological polar surface area (TPSA) is 94.8 Å². The Morgan fingerprint density at radius 1 is 1.03 bits per heavy atom. The molecule has 8 nitrogen and oxygen atoms in total. The molecule has 4 rings (SSSR count). The number of hydrogen-bond donors (Lipinski definition) is 1. The summed E-state index contributed by atoms with van der Waals surface area (Å²) in [5.74, 6) is 1.01. The zero-order chi connectivity index (χ0) is 22.3. The highest BCUT2D eigenvalue weighted by atomic mass is 16.5. The van der Waals surface area contributed by atoms with E-state index in [1.54, 1.807) is 23.7 Å². The van der Waals surface area contributed by atoms with Crippen molar-refractivity contribution in [3.8, 4) is 0 Å². The van der Waals surface area contributed by atoms with Gasteiger partial charge in [0.15, 0.2) is 17.0 Å². The largest absolute Gasteiger partial charge is 0.462 e. The molecule has 4 aromatic rings. The van der Waals surface area contributed by atoms with E-state index < -0.39 is 0 Å². The fourth-order valence-electron chi connectivity index (χ4n) is 3.34. The second-order valence-electron chi connectivity index (χ2n) is 7.42. The van der Waals surface area contributed by atoms with Crippen molar-refractivity contribution in [2.24, 2.45) is 0 Å². The molecule has 0 aliphatic rings. The van der Waals surface area contributed by atoms with Gasteiger partial charge in [-0.25, -0.2) is 19.4 Å². The Balaban J connectivity index is 1.66. The molecule has 0 atom stereocenters. The lowest BCUT2D eigenvalue weighted by Gasteiger charge is -2.09. The van der Waals surface area contributed by atoms with Crippen molar-refractivity contribution in [3.05, 3.63) is 71.5 Å². The molecule has 0 saturated carbocycles. The molecule has 164 valence electrons. The number of rotatable bonds is 9. The molecule has 2 aromatic heterocycles. The van der Waals surface area contributed by atoms with Crippen molar-refractivity contribution >= 4 is 28.6 Å². The first-order valence-electron chi connectivity index (χ1n) is 10.9. The number of nitrogens with zero attached hydrogens (tertiary/aromatic N) is 5. The average Bonchev–Trinajstić information content (AvgIpc) is 3.22. The van der Waals surface area contributed by atoms with Crippen molar-refractivity contribution in [2.45, 2.75) is 39.7 Å². The molecule has 0 saturated heterocycles. The molecule has 0 spiro atoms. The van der Waals surface area contributed by atoms with Gasteiger partial charge in [-0.15, -0.1) is 5.10 Å². The van der Waals surface area contributed by atoms with E-state index in [0.29, 0.717) is 35.7 Å². The second kappa shape index (κ2) is 10.00. The molecule has 1 N–H and O–H groups in total. The van der Waals surface area contributed by atoms with Crippen LogP contribution in [0.2, 0.25) is 0 Å². The van der Waals surface area contributed by atoms with E-state index >= 15 is 0 Å². The molecule has 0 unspecified atom stereocenters. The maximum absolute atomic E-state index is 11.9. The third-order valence-corrected chi connectivity index (χ3v) is 5.00. The summed E-state index contributed by atoms with van der Waals surface area (Å²) in [5.41, 5.74) is 3.72. The van der Waals surface area contributed by atoms with Crippen molar-refractivity contribution < 1.29 is 9.53 Å². The Morgan fingerprint density at radius 3 is 2.53 bits per heavy atom. The van der Waals surface area contributed by atoms with E-state index in [2.05, 4.69) is 34.7 Å². The molecule has 0 aliphatic carbocycles. The van der Waals surface area contributed by atoms with Crippen LogP contribution in [-0.2, 0) is 17.7 Å². The van der Waals surface area contributed by atoms with Gasteiger partial charge in [-0.2, -0.15) is 0 Å². The number of carbonyl (C=O) groups is 1. The molecular formula is C24H26N6O2. The summed E-state index contributed by atoms with van der Waals surface area (Å²) in [6.45, 7) is 4.85. The van der Waals surface area contributed by atoms with Gasteiger partial charge >= 0.3 is 5.97 Å². The predicted octanol–water partition coefficient (Wildman–Crippen LogP) is 4.53. The van der Waals surface area contributed by atoms with E-state index in [-0.39, 0.29) is 5.97 Å². The molecule has 2 heterocycles. The van der Waals surface area contributed by atoms with Crippen LogP contribution in [-0.4, -0.2) is 37.5 Å². The van der Waals surface area contributed by atoms with Gasteiger partial charge < -0.3 is 10.1 Å². The highest BCUT2D eigenvalue weighted by Gasteiger charge is 2.16. The van der Waals surface area contributed by atoms with Gasteiger partial charge in [0.2, 0.25) is 0 Å². The van der Waals surface area contributed by atoms with Crippen molar-refractivity contribution in [1.82, 2.24) is 25.0 Å². The van der Waals surface area contributed by atoms with Crippen LogP contribution in [0.25, 0.3) is 11.2 Å². The van der Waals surface area contributed by atoms with Crippen LogP contribution in [0.5, 0.6) is 0 Å². The molecule has 0 amide bonds. The Kier molecular flexibility index (Phi) is 6.69. The van der Waals surface area contributed by atoms with E-state index in [4.69, 9.17) is 14.7 Å². The highest BCUT2D eigenvalue weighted by molar-refractivity contribution is 5.90. The molecule has 0 bridgehead atoms. The second-order valence-corrected chi connectivity index (χ2v) is 7.42. The first-order chi connectivity index (χ1) is 15.7. The molecule has 0 radical (unpaired) electrons. The first-order valence-corrected chi connectivity index (χ1v) is 10.9. The summed E-state index contributed by atoms with van der Waals surface area (Å²) >= 11 is 0. The van der Waals surface area contributed by atoms with Gasteiger partial charge in [0.25, 0.3) is 0 Å². The van der Waals surface area contributed by atoms with E-state index in [1.165, 1.54) is 0 Å². The summed E-state index contributed by atoms with van der Waals surface area (Å²) in [4.78, 5) is 21.4. The minimum absolute atomic E-state index is 0.339. The van der Waals surface area contributed by atoms with Crippen LogP contribution < -0.4 is 5.32 Å². The molecule has 8 heteroatoms. The normalized spacial score (nSPS) is 10.9. The number of ether oxygens (including phenoxy) is 1. The summed E-state index contributed by atoms with van der Waals surface area (Å²) in [5, 5.41) is 12.0. The highest BCUT2D eigenvalue weighted by Crippen LogP contribution is 2.23. The number of hydrogen-bond acceptors (Lipinski definition) is 7. The van der Waals surface area contributed by atoms with Crippen LogP contribution in [0.1, 0.15) is 48.4 Å². The molecule has 0 fully saturated rings. The lowest BCUT2D eigenvalue weighted by Crippen LogP contribution is -2.07. The van der Waals surface area contributed by atoms with Crippen LogP contribution in [0.15, 0.2) is 54.6 Å². The first kappa shape index (κ1) is 21.4. The minimum atomic E-state index is -0.339. The standard InChI is InChI=1S/C24H26N6O2/c1-3-5-11-20-26-22(25-19-14-12-18(13-15-19)24(31)32-4-2)21-23(27-20)30(29-28-21)16-17-9-7-6-8-10-17/h6-10,12-15H,3-5,11,16H2,1-2H3,(H,25,26,27). The van der Waals surface area contributed by atoms with Gasteiger partial charge in [0.1, 0.15) is 5.82 Å². The summed E-state index contributed by atoms with van der Waals surface area (Å²) in [6, 6.07) is 17.2. The van der Waals surface area contributed by atoms with Crippen molar-refractivity contribution in [1.29, 1.82) is 0 Å². The quantitative estimate of drug-likeness (QED) is 0.390. The monoisotopic (exact) mass is 430 g/mol. The third kappa shape index (κ3) is 4.91. The number of carbonyl (C=O) groups excluding carboxylic acids is 1. The molecule has 2 aromatic carbocycles. The van der Waals surface area contributed by atoms with Gasteiger partial charge in [-0.1, -0.05) is 48.9 Å². The summed E-state index contributed by atoms with van der Waals surface area (Å²) in [7, 11) is 0. The number of esters is 1.